The molecule has 0 amide bonds. The molecule has 0 saturated heterocycles. The molecule has 3 aromatic rings. The number of azo groups is 1. The monoisotopic (exact) mass is 319 g/mol. The molecular formula is C17H13N5O2. The molecule has 0 fully saturated rings. The van der Waals surface area contributed by atoms with Crippen LogP contribution in [0.5, 0.6) is 5.75 Å². The summed E-state index contributed by atoms with van der Waals surface area (Å²) in [5.41, 5.74) is 1.75. The smallest absolute Gasteiger partial charge is 0.292 e. The Kier molecular flexibility index (Phi) is 4.21. The summed E-state index contributed by atoms with van der Waals surface area (Å²) < 4.78 is 5.19. The first-order valence-corrected chi connectivity index (χ1v) is 7.09. The van der Waals surface area contributed by atoms with Crippen LogP contribution in [0.1, 0.15) is 5.56 Å². The topological polar surface area (TPSA) is 106 Å². The van der Waals surface area contributed by atoms with Crippen molar-refractivity contribution in [1.29, 1.82) is 5.26 Å². The van der Waals surface area contributed by atoms with Crippen molar-refractivity contribution >= 4 is 11.4 Å². The molecule has 7 nitrogen and oxygen atoms in total. The Morgan fingerprint density at radius 2 is 1.92 bits per heavy atom. The number of nitrogens with one attached hydrogen (secondary N) is 2. The molecule has 0 aliphatic heterocycles. The van der Waals surface area contributed by atoms with Gasteiger partial charge in [-0.05, 0) is 24.3 Å². The van der Waals surface area contributed by atoms with E-state index in [1.165, 1.54) is 0 Å². The van der Waals surface area contributed by atoms with Crippen molar-refractivity contribution in [2.24, 2.45) is 10.2 Å². The number of hydrogen-bond donors (Lipinski definition) is 2. The Bertz CT molecular complexity index is 994. The molecule has 1 heterocycles. The second kappa shape index (κ2) is 6.62. The maximum atomic E-state index is 12.0. The van der Waals surface area contributed by atoms with E-state index in [2.05, 4.69) is 20.4 Å². The van der Waals surface area contributed by atoms with Crippen molar-refractivity contribution < 1.29 is 4.74 Å². The molecule has 2 N–H and O–H groups in total. The number of ether oxygens (including phenoxy) is 1. The lowest BCUT2D eigenvalue weighted by Gasteiger charge is -2.03. The first kappa shape index (κ1) is 15.2. The fourth-order valence-corrected chi connectivity index (χ4v) is 2.19. The van der Waals surface area contributed by atoms with E-state index in [1.807, 2.05) is 18.2 Å². The highest BCUT2D eigenvalue weighted by Crippen LogP contribution is 2.29. The van der Waals surface area contributed by atoms with Gasteiger partial charge in [-0.2, -0.15) is 5.26 Å². The zero-order valence-electron chi connectivity index (χ0n) is 12.8. The lowest BCUT2D eigenvalue weighted by atomic mass is 10.1. The molecule has 2 aromatic carbocycles. The molecule has 0 radical (unpaired) electrons. The lowest BCUT2D eigenvalue weighted by molar-refractivity contribution is 0.415. The van der Waals surface area contributed by atoms with Gasteiger partial charge in [0.1, 0.15) is 17.5 Å². The molecule has 24 heavy (non-hydrogen) atoms. The van der Waals surface area contributed by atoms with E-state index in [9.17, 15) is 4.79 Å². The van der Waals surface area contributed by atoms with Crippen LogP contribution in [0, 0.1) is 11.3 Å². The average molecular weight is 319 g/mol. The first-order chi connectivity index (χ1) is 11.7. The third-order valence-corrected chi connectivity index (χ3v) is 3.39. The molecule has 1 aromatic heterocycles. The zero-order chi connectivity index (χ0) is 16.9. The fraction of sp³-hybridized carbons (Fsp3) is 0.0588. The van der Waals surface area contributed by atoms with Crippen molar-refractivity contribution in [3.63, 3.8) is 0 Å². The van der Waals surface area contributed by atoms with Gasteiger partial charge < -0.3 is 4.74 Å². The summed E-state index contributed by atoms with van der Waals surface area (Å²) in [6, 6.07) is 16.0. The third kappa shape index (κ3) is 2.94. The van der Waals surface area contributed by atoms with Gasteiger partial charge in [0.2, 0.25) is 0 Å². The van der Waals surface area contributed by atoms with Crippen molar-refractivity contribution in [3.05, 3.63) is 64.4 Å². The van der Waals surface area contributed by atoms with E-state index in [-0.39, 0.29) is 5.69 Å². The molecule has 0 aliphatic carbocycles. The van der Waals surface area contributed by atoms with Gasteiger partial charge in [-0.3, -0.25) is 15.0 Å². The maximum Gasteiger partial charge on any atom is 0.292 e. The highest BCUT2D eigenvalue weighted by atomic mass is 16.5. The van der Waals surface area contributed by atoms with Crippen molar-refractivity contribution in [1.82, 2.24) is 10.2 Å². The van der Waals surface area contributed by atoms with Gasteiger partial charge in [-0.15, -0.1) is 10.2 Å². The molecule has 0 atom stereocenters. The van der Waals surface area contributed by atoms with Crippen LogP contribution >= 0.6 is 0 Å². The summed E-state index contributed by atoms with van der Waals surface area (Å²) >= 11 is 0. The van der Waals surface area contributed by atoms with E-state index in [0.717, 1.165) is 5.56 Å². The van der Waals surface area contributed by atoms with Gasteiger partial charge in [-0.25, -0.2) is 0 Å². The van der Waals surface area contributed by atoms with Crippen LogP contribution in [0.25, 0.3) is 11.3 Å². The fourth-order valence-electron chi connectivity index (χ4n) is 2.19. The largest absolute Gasteiger partial charge is 0.497 e. The Morgan fingerprint density at radius 3 is 2.71 bits per heavy atom. The van der Waals surface area contributed by atoms with Crippen LogP contribution in [0.15, 0.2) is 63.6 Å². The number of nitrogens with zero attached hydrogens (tertiary/aromatic N) is 3. The standard InChI is InChI=1S/C17H13N5O2/c1-24-13-7-4-6-11(9-13)15-16(17(23)22-20-15)21-19-14-8-3-2-5-12(14)10-18/h2-9H,1H3,(H2,20,22,23). The number of benzene rings is 2. The third-order valence-electron chi connectivity index (χ3n) is 3.39. The zero-order valence-corrected chi connectivity index (χ0v) is 12.8. The Labute approximate surface area is 137 Å². The van der Waals surface area contributed by atoms with Gasteiger partial charge in [-0.1, -0.05) is 24.3 Å². The number of nitriles is 1. The summed E-state index contributed by atoms with van der Waals surface area (Å²) in [6.07, 6.45) is 0. The van der Waals surface area contributed by atoms with Gasteiger partial charge in [0, 0.05) is 5.56 Å². The second-order valence-electron chi connectivity index (χ2n) is 4.86. The number of methoxy groups -OCH3 is 1. The predicted octanol–water partition coefficient (Wildman–Crippen LogP) is 3.67. The van der Waals surface area contributed by atoms with E-state index in [4.69, 9.17) is 10.00 Å². The molecule has 118 valence electrons. The van der Waals surface area contributed by atoms with E-state index >= 15 is 0 Å². The number of aromatic nitrogens is 2. The number of aromatic amines is 2. The highest BCUT2D eigenvalue weighted by molar-refractivity contribution is 5.72. The van der Waals surface area contributed by atoms with Crippen LogP contribution in [0.4, 0.5) is 11.4 Å². The van der Waals surface area contributed by atoms with Gasteiger partial charge in [0.25, 0.3) is 5.56 Å². The number of rotatable bonds is 4. The second-order valence-corrected chi connectivity index (χ2v) is 4.86. The first-order valence-electron chi connectivity index (χ1n) is 7.09. The van der Waals surface area contributed by atoms with E-state index in [0.29, 0.717) is 22.7 Å². The molecule has 0 spiro atoms. The Morgan fingerprint density at radius 1 is 1.08 bits per heavy atom. The SMILES string of the molecule is COc1cccc(-c2[nH][nH]c(=O)c2N=Nc2ccccc2C#N)c1. The Hall–Kier alpha value is -3.66. The van der Waals surface area contributed by atoms with Crippen LogP contribution in [-0.4, -0.2) is 17.3 Å². The average Bonchev–Trinajstić information content (AvgIpc) is 3.00. The minimum absolute atomic E-state index is 0.135. The van der Waals surface area contributed by atoms with Crippen LogP contribution < -0.4 is 10.3 Å². The van der Waals surface area contributed by atoms with Crippen molar-refractivity contribution in [2.45, 2.75) is 0 Å². The molecule has 0 saturated carbocycles. The number of H-pyrrole nitrogens is 2. The number of hydrogen-bond acceptors (Lipinski definition) is 5. The maximum absolute atomic E-state index is 12.0. The van der Waals surface area contributed by atoms with Gasteiger partial charge >= 0.3 is 0 Å². The summed E-state index contributed by atoms with van der Waals surface area (Å²) in [5, 5.41) is 22.4. The normalized spacial score (nSPS) is 10.7. The minimum atomic E-state index is -0.397. The highest BCUT2D eigenvalue weighted by Gasteiger charge is 2.12. The molecule has 3 rings (SSSR count). The van der Waals surface area contributed by atoms with Gasteiger partial charge in [0.15, 0.2) is 5.69 Å². The molecule has 0 aliphatic rings. The molecule has 0 unspecified atom stereocenters. The summed E-state index contributed by atoms with van der Waals surface area (Å²) in [4.78, 5) is 12.0. The summed E-state index contributed by atoms with van der Waals surface area (Å²) in [5.74, 6) is 0.660. The van der Waals surface area contributed by atoms with Crippen molar-refractivity contribution in [3.8, 4) is 23.1 Å². The molecular weight excluding hydrogens is 306 g/mol. The van der Waals surface area contributed by atoms with Gasteiger partial charge in [0.05, 0.1) is 18.4 Å². The van der Waals surface area contributed by atoms with E-state index in [1.54, 1.807) is 43.5 Å². The molecule has 0 bridgehead atoms. The summed E-state index contributed by atoms with van der Waals surface area (Å²) in [7, 11) is 1.57. The minimum Gasteiger partial charge on any atom is -0.497 e. The van der Waals surface area contributed by atoms with E-state index < -0.39 is 5.56 Å². The van der Waals surface area contributed by atoms with Crippen LogP contribution in [0.3, 0.4) is 0 Å². The quantitative estimate of drug-likeness (QED) is 0.716. The van der Waals surface area contributed by atoms with Crippen molar-refractivity contribution in [2.75, 3.05) is 7.11 Å². The summed E-state index contributed by atoms with van der Waals surface area (Å²) in [6.45, 7) is 0. The Balaban J connectivity index is 2.04. The van der Waals surface area contributed by atoms with Crippen LogP contribution in [0.2, 0.25) is 0 Å². The molecule has 7 heteroatoms. The van der Waals surface area contributed by atoms with Crippen LogP contribution in [-0.2, 0) is 0 Å². The lowest BCUT2D eigenvalue weighted by Crippen LogP contribution is -1.96. The predicted molar refractivity (Wildman–Crippen MR) is 88.7 cm³/mol.